The number of amides is 1. The Morgan fingerprint density at radius 3 is 2.43 bits per heavy atom. The number of carboxylic acid groups (broad SMARTS) is 1. The molecule has 2 unspecified atom stereocenters. The minimum Gasteiger partial charge on any atom is -0.480 e. The molecule has 0 saturated carbocycles. The monoisotopic (exact) mass is 318 g/mol. The van der Waals surface area contributed by atoms with Gasteiger partial charge in [-0.05, 0) is 12.8 Å². The fourth-order valence-corrected chi connectivity index (χ4v) is 2.47. The third-order valence-corrected chi connectivity index (χ3v) is 4.19. The molecule has 0 fully saturated rings. The summed E-state index contributed by atoms with van der Waals surface area (Å²) in [5, 5.41) is 16.4. The van der Waals surface area contributed by atoms with Crippen LogP contribution < -0.4 is 10.5 Å². The Bertz CT molecular complexity index is 649. The Morgan fingerprint density at radius 2 is 2.05 bits per heavy atom. The summed E-state index contributed by atoms with van der Waals surface area (Å²) in [5.74, 6) is -2.60. The summed E-state index contributed by atoms with van der Waals surface area (Å²) >= 11 is 0. The normalized spacial score (nSPS) is 14.5. The van der Waals surface area contributed by atoms with E-state index in [0.717, 1.165) is 6.07 Å². The van der Waals surface area contributed by atoms with Crippen LogP contribution in [-0.2, 0) is 14.8 Å². The summed E-state index contributed by atoms with van der Waals surface area (Å²) in [4.78, 5) is 22.8. The van der Waals surface area contributed by atoms with Gasteiger partial charge in [-0.2, -0.15) is 0 Å². The standard InChI is InChI=1S/C12H18N2O6S/c1-4-6(2)10(12(16)17)14-11(15)8-5-9(7(3)20-8)21(13,18)19/h5-6,10H,4H2,1-3H3,(H,14,15)(H,16,17)(H2,13,18,19). The molecule has 1 aromatic heterocycles. The molecule has 0 spiro atoms. The number of primary sulfonamides is 1. The Labute approximate surface area is 122 Å². The van der Waals surface area contributed by atoms with Crippen LogP contribution in [0, 0.1) is 12.8 Å². The topological polar surface area (TPSA) is 140 Å². The highest BCUT2D eigenvalue weighted by molar-refractivity contribution is 7.89. The number of hydrogen-bond acceptors (Lipinski definition) is 5. The highest BCUT2D eigenvalue weighted by atomic mass is 32.2. The summed E-state index contributed by atoms with van der Waals surface area (Å²) < 4.78 is 27.6. The van der Waals surface area contributed by atoms with Crippen molar-refractivity contribution in [1.82, 2.24) is 5.32 Å². The average molecular weight is 318 g/mol. The van der Waals surface area contributed by atoms with E-state index in [1.54, 1.807) is 13.8 Å². The van der Waals surface area contributed by atoms with Crippen LogP contribution in [0.2, 0.25) is 0 Å². The molecule has 1 amide bonds. The van der Waals surface area contributed by atoms with E-state index in [9.17, 15) is 18.0 Å². The van der Waals surface area contributed by atoms with E-state index in [0.29, 0.717) is 6.42 Å². The van der Waals surface area contributed by atoms with Gasteiger partial charge in [0, 0.05) is 6.07 Å². The number of furan rings is 1. The smallest absolute Gasteiger partial charge is 0.326 e. The minimum atomic E-state index is -4.00. The zero-order valence-electron chi connectivity index (χ0n) is 11.9. The largest absolute Gasteiger partial charge is 0.480 e. The Morgan fingerprint density at radius 1 is 1.48 bits per heavy atom. The van der Waals surface area contributed by atoms with Crippen molar-refractivity contribution in [2.75, 3.05) is 0 Å². The molecule has 2 atom stereocenters. The first-order valence-corrected chi connectivity index (χ1v) is 7.79. The number of aliphatic carboxylic acids is 1. The third-order valence-electron chi connectivity index (χ3n) is 3.17. The summed E-state index contributed by atoms with van der Waals surface area (Å²) in [7, 11) is -4.00. The molecule has 1 heterocycles. The number of hydrogen-bond donors (Lipinski definition) is 3. The summed E-state index contributed by atoms with van der Waals surface area (Å²) in [5.41, 5.74) is 0. The van der Waals surface area contributed by atoms with Crippen LogP contribution in [0.15, 0.2) is 15.4 Å². The van der Waals surface area contributed by atoms with Crippen molar-refractivity contribution in [2.24, 2.45) is 11.1 Å². The number of aryl methyl sites for hydroxylation is 1. The molecule has 0 aromatic carbocycles. The van der Waals surface area contributed by atoms with Crippen molar-refractivity contribution >= 4 is 21.9 Å². The van der Waals surface area contributed by atoms with Gasteiger partial charge in [-0.3, -0.25) is 4.79 Å². The first-order valence-electron chi connectivity index (χ1n) is 6.24. The molecule has 4 N–H and O–H groups in total. The Hall–Kier alpha value is -1.87. The number of nitrogens with two attached hydrogens (primary N) is 1. The van der Waals surface area contributed by atoms with Gasteiger partial charge in [0.15, 0.2) is 5.76 Å². The maximum atomic E-state index is 12.0. The molecular formula is C12H18N2O6S. The Kier molecular flexibility index (Phi) is 5.13. The van der Waals surface area contributed by atoms with Crippen molar-refractivity contribution in [3.05, 3.63) is 17.6 Å². The van der Waals surface area contributed by atoms with Gasteiger partial charge in [0.25, 0.3) is 5.91 Å². The van der Waals surface area contributed by atoms with Gasteiger partial charge in [0.2, 0.25) is 10.0 Å². The van der Waals surface area contributed by atoms with E-state index < -0.39 is 27.9 Å². The first kappa shape index (κ1) is 17.2. The molecule has 0 aliphatic heterocycles. The summed E-state index contributed by atoms with van der Waals surface area (Å²) in [6.07, 6.45) is 0.552. The highest BCUT2D eigenvalue weighted by Crippen LogP contribution is 2.19. The SMILES string of the molecule is CCC(C)C(NC(=O)c1cc(S(N)(=O)=O)c(C)o1)C(=O)O. The second-order valence-electron chi connectivity index (χ2n) is 4.75. The quantitative estimate of drug-likeness (QED) is 0.696. The maximum Gasteiger partial charge on any atom is 0.326 e. The second-order valence-corrected chi connectivity index (χ2v) is 6.28. The van der Waals surface area contributed by atoms with E-state index in [1.165, 1.54) is 6.92 Å². The van der Waals surface area contributed by atoms with E-state index in [2.05, 4.69) is 5.32 Å². The third kappa shape index (κ3) is 4.05. The minimum absolute atomic E-state index is 0.0296. The Balaban J connectivity index is 3.02. The lowest BCUT2D eigenvalue weighted by Gasteiger charge is -2.19. The molecule has 21 heavy (non-hydrogen) atoms. The molecule has 0 aliphatic carbocycles. The molecule has 0 saturated heterocycles. The van der Waals surface area contributed by atoms with Crippen LogP contribution in [0.3, 0.4) is 0 Å². The highest BCUT2D eigenvalue weighted by Gasteiger charge is 2.28. The number of carbonyl (C=O) groups is 2. The van der Waals surface area contributed by atoms with Gasteiger partial charge < -0.3 is 14.8 Å². The van der Waals surface area contributed by atoms with Crippen LogP contribution in [0.5, 0.6) is 0 Å². The number of sulfonamides is 1. The number of nitrogens with one attached hydrogen (secondary N) is 1. The van der Waals surface area contributed by atoms with Gasteiger partial charge in [-0.15, -0.1) is 0 Å². The molecular weight excluding hydrogens is 300 g/mol. The first-order chi connectivity index (χ1) is 9.57. The van der Waals surface area contributed by atoms with Crippen molar-refractivity contribution in [2.45, 2.75) is 38.1 Å². The van der Waals surface area contributed by atoms with Crippen LogP contribution in [-0.4, -0.2) is 31.4 Å². The number of carboxylic acids is 1. The summed E-state index contributed by atoms with van der Waals surface area (Å²) in [6, 6.07) is -0.110. The van der Waals surface area contributed by atoms with E-state index >= 15 is 0 Å². The van der Waals surface area contributed by atoms with Crippen molar-refractivity contribution in [1.29, 1.82) is 0 Å². The fraction of sp³-hybridized carbons (Fsp3) is 0.500. The van der Waals surface area contributed by atoms with E-state index in [4.69, 9.17) is 14.7 Å². The molecule has 8 nitrogen and oxygen atoms in total. The zero-order valence-corrected chi connectivity index (χ0v) is 12.7. The predicted molar refractivity (Wildman–Crippen MR) is 73.2 cm³/mol. The van der Waals surface area contributed by atoms with Gasteiger partial charge in [-0.25, -0.2) is 18.4 Å². The van der Waals surface area contributed by atoms with E-state index in [1.807, 2.05) is 0 Å². The molecule has 0 radical (unpaired) electrons. The van der Waals surface area contributed by atoms with Crippen molar-refractivity contribution in [3.8, 4) is 0 Å². The second kappa shape index (κ2) is 6.27. The lowest BCUT2D eigenvalue weighted by molar-refractivity contribution is -0.140. The van der Waals surface area contributed by atoms with Gasteiger partial charge in [0.05, 0.1) is 0 Å². The van der Waals surface area contributed by atoms with Crippen molar-refractivity contribution < 1.29 is 27.5 Å². The van der Waals surface area contributed by atoms with E-state index in [-0.39, 0.29) is 22.3 Å². The molecule has 1 rings (SSSR count). The van der Waals surface area contributed by atoms with Crippen LogP contribution in [0.4, 0.5) is 0 Å². The van der Waals surface area contributed by atoms with Gasteiger partial charge >= 0.3 is 5.97 Å². The van der Waals surface area contributed by atoms with Crippen LogP contribution >= 0.6 is 0 Å². The summed E-state index contributed by atoms with van der Waals surface area (Å²) in [6.45, 7) is 4.82. The number of carbonyl (C=O) groups excluding carboxylic acids is 1. The fourth-order valence-electron chi connectivity index (χ4n) is 1.76. The molecule has 9 heteroatoms. The molecule has 0 aliphatic rings. The van der Waals surface area contributed by atoms with Crippen LogP contribution in [0.25, 0.3) is 0 Å². The molecule has 118 valence electrons. The maximum absolute atomic E-state index is 12.0. The zero-order chi connectivity index (χ0) is 16.4. The number of rotatable bonds is 6. The lowest BCUT2D eigenvalue weighted by atomic mass is 9.99. The molecule has 0 bridgehead atoms. The molecule has 1 aromatic rings. The average Bonchev–Trinajstić information content (AvgIpc) is 2.76. The van der Waals surface area contributed by atoms with Gasteiger partial charge in [0.1, 0.15) is 16.7 Å². The van der Waals surface area contributed by atoms with Gasteiger partial charge in [-0.1, -0.05) is 20.3 Å². The predicted octanol–water partition coefficient (Wildman–Crippen LogP) is 0.465. The lowest BCUT2D eigenvalue weighted by Crippen LogP contribution is -2.44. The van der Waals surface area contributed by atoms with Crippen LogP contribution in [0.1, 0.15) is 36.6 Å². The van der Waals surface area contributed by atoms with Crippen molar-refractivity contribution in [3.63, 3.8) is 0 Å².